The van der Waals surface area contributed by atoms with Crippen molar-refractivity contribution in [3.05, 3.63) is 35.0 Å². The normalized spacial score (nSPS) is 16.5. The van der Waals surface area contributed by atoms with Crippen LogP contribution in [0, 0.1) is 19.8 Å². The van der Waals surface area contributed by atoms with Gasteiger partial charge in [0.25, 0.3) is 0 Å². The van der Waals surface area contributed by atoms with Crippen LogP contribution in [0.1, 0.15) is 37.4 Å². The summed E-state index contributed by atoms with van der Waals surface area (Å²) in [5.74, 6) is 2.31. The van der Waals surface area contributed by atoms with Gasteiger partial charge in [0.05, 0.1) is 24.5 Å². The van der Waals surface area contributed by atoms with Crippen LogP contribution in [0.3, 0.4) is 0 Å². The summed E-state index contributed by atoms with van der Waals surface area (Å²) in [6, 6.07) is 8.21. The van der Waals surface area contributed by atoms with Crippen molar-refractivity contribution in [1.82, 2.24) is 9.97 Å². The minimum Gasteiger partial charge on any atom is -0.494 e. The molecule has 3 heterocycles. The van der Waals surface area contributed by atoms with Crippen LogP contribution in [-0.4, -0.2) is 42.2 Å². The van der Waals surface area contributed by atoms with Crippen LogP contribution in [0.4, 0.5) is 5.82 Å². The van der Waals surface area contributed by atoms with E-state index in [1.165, 1.54) is 4.88 Å². The van der Waals surface area contributed by atoms with Gasteiger partial charge >= 0.3 is 5.97 Å². The molecule has 1 aliphatic rings. The molecule has 0 spiro atoms. The van der Waals surface area contributed by atoms with Crippen molar-refractivity contribution in [2.75, 3.05) is 31.2 Å². The van der Waals surface area contributed by atoms with E-state index >= 15 is 0 Å². The number of aromatic nitrogens is 2. The quantitative estimate of drug-likeness (QED) is 0.495. The molecule has 1 fully saturated rings. The molecule has 31 heavy (non-hydrogen) atoms. The van der Waals surface area contributed by atoms with Gasteiger partial charge in [0, 0.05) is 23.5 Å². The van der Waals surface area contributed by atoms with E-state index in [0.717, 1.165) is 58.1 Å². The highest BCUT2D eigenvalue weighted by molar-refractivity contribution is 7.19. The first-order valence-corrected chi connectivity index (χ1v) is 11.8. The summed E-state index contributed by atoms with van der Waals surface area (Å²) in [4.78, 5) is 26.4. The lowest BCUT2D eigenvalue weighted by Gasteiger charge is -2.33. The molecular weight excluding hydrogens is 410 g/mol. The van der Waals surface area contributed by atoms with E-state index in [-0.39, 0.29) is 11.9 Å². The molecule has 0 saturated carbocycles. The van der Waals surface area contributed by atoms with Gasteiger partial charge in [-0.15, -0.1) is 11.3 Å². The molecule has 3 aromatic rings. The Labute approximate surface area is 187 Å². The molecule has 1 atom stereocenters. The van der Waals surface area contributed by atoms with Crippen molar-refractivity contribution in [3.8, 4) is 16.9 Å². The van der Waals surface area contributed by atoms with E-state index < -0.39 is 0 Å². The van der Waals surface area contributed by atoms with Gasteiger partial charge in [-0.1, -0.05) is 12.1 Å². The molecule has 164 valence electrons. The first kappa shape index (κ1) is 21.6. The standard InChI is InChI=1S/C24H29N3O3S/c1-5-29-19-11-9-17(10-12-19)20-15(3)31-23-21(20)22(25-16(4)26-23)27-13-7-8-18(14-27)24(28)30-6-2/h9-12,18H,5-8,13-14H2,1-4H3. The zero-order chi connectivity index (χ0) is 22.0. The maximum atomic E-state index is 12.4. The number of anilines is 1. The molecule has 0 N–H and O–H groups in total. The molecule has 7 heteroatoms. The number of benzene rings is 1. The molecule has 1 aliphatic heterocycles. The second kappa shape index (κ2) is 9.22. The lowest BCUT2D eigenvalue weighted by Crippen LogP contribution is -2.40. The largest absolute Gasteiger partial charge is 0.494 e. The van der Waals surface area contributed by atoms with E-state index in [2.05, 4.69) is 24.0 Å². The number of carbonyl (C=O) groups is 1. The Morgan fingerprint density at radius 2 is 1.94 bits per heavy atom. The number of hydrogen-bond acceptors (Lipinski definition) is 7. The smallest absolute Gasteiger partial charge is 0.310 e. The number of nitrogens with zero attached hydrogens (tertiary/aromatic N) is 3. The molecule has 0 aliphatic carbocycles. The van der Waals surface area contributed by atoms with Crippen molar-refractivity contribution >= 4 is 33.3 Å². The number of hydrogen-bond donors (Lipinski definition) is 0. The Kier molecular flexibility index (Phi) is 6.41. The average molecular weight is 440 g/mol. The number of carbonyl (C=O) groups excluding carboxylic acids is 1. The Balaban J connectivity index is 1.78. The summed E-state index contributed by atoms with van der Waals surface area (Å²) in [7, 11) is 0. The number of rotatable bonds is 6. The predicted molar refractivity (Wildman–Crippen MR) is 125 cm³/mol. The molecule has 0 radical (unpaired) electrons. The fourth-order valence-electron chi connectivity index (χ4n) is 4.28. The molecular formula is C24H29N3O3S. The molecule has 0 bridgehead atoms. The molecule has 4 rings (SSSR count). The second-order valence-electron chi connectivity index (χ2n) is 7.80. The Morgan fingerprint density at radius 1 is 1.16 bits per heavy atom. The predicted octanol–water partition coefficient (Wildman–Crippen LogP) is 5.15. The minimum atomic E-state index is -0.118. The third-order valence-corrected chi connectivity index (χ3v) is 6.61. The van der Waals surface area contributed by atoms with Crippen LogP contribution >= 0.6 is 11.3 Å². The van der Waals surface area contributed by atoms with Gasteiger partial charge in [-0.3, -0.25) is 4.79 Å². The van der Waals surface area contributed by atoms with Gasteiger partial charge in [-0.05, 0) is 58.2 Å². The van der Waals surface area contributed by atoms with Gasteiger partial charge < -0.3 is 14.4 Å². The van der Waals surface area contributed by atoms with Gasteiger partial charge in [0.1, 0.15) is 22.2 Å². The lowest BCUT2D eigenvalue weighted by molar-refractivity contribution is -0.148. The van der Waals surface area contributed by atoms with Gasteiger partial charge in [-0.25, -0.2) is 9.97 Å². The summed E-state index contributed by atoms with van der Waals surface area (Å²) in [5.41, 5.74) is 2.29. The third-order valence-electron chi connectivity index (χ3n) is 5.62. The van der Waals surface area contributed by atoms with Crippen LogP contribution in [0.25, 0.3) is 21.3 Å². The fourth-order valence-corrected chi connectivity index (χ4v) is 5.37. The van der Waals surface area contributed by atoms with Crippen molar-refractivity contribution in [2.24, 2.45) is 5.92 Å². The summed E-state index contributed by atoms with van der Waals surface area (Å²) in [6.45, 7) is 10.5. The van der Waals surface area contributed by atoms with Crippen molar-refractivity contribution in [3.63, 3.8) is 0 Å². The zero-order valence-electron chi connectivity index (χ0n) is 18.6. The van der Waals surface area contributed by atoms with Gasteiger partial charge in [0.2, 0.25) is 0 Å². The number of fused-ring (bicyclic) bond motifs is 1. The van der Waals surface area contributed by atoms with Crippen molar-refractivity contribution < 1.29 is 14.3 Å². The Hall–Kier alpha value is -2.67. The number of ether oxygens (including phenoxy) is 2. The van der Waals surface area contributed by atoms with Crippen molar-refractivity contribution in [2.45, 2.75) is 40.5 Å². The molecule has 1 aromatic carbocycles. The number of piperidine rings is 1. The topological polar surface area (TPSA) is 64.5 Å². The van der Waals surface area contributed by atoms with Crippen LogP contribution < -0.4 is 9.64 Å². The number of aryl methyl sites for hydroxylation is 2. The summed E-state index contributed by atoms with van der Waals surface area (Å²) in [6.07, 6.45) is 1.80. The maximum Gasteiger partial charge on any atom is 0.310 e. The third kappa shape index (κ3) is 4.37. The van der Waals surface area contributed by atoms with E-state index in [4.69, 9.17) is 19.4 Å². The van der Waals surface area contributed by atoms with Crippen molar-refractivity contribution in [1.29, 1.82) is 0 Å². The Morgan fingerprint density at radius 3 is 2.65 bits per heavy atom. The zero-order valence-corrected chi connectivity index (χ0v) is 19.4. The molecule has 0 amide bonds. The van der Waals surface area contributed by atoms with Gasteiger partial charge in [0.15, 0.2) is 0 Å². The van der Waals surface area contributed by atoms with E-state index in [1.807, 2.05) is 32.9 Å². The fraction of sp³-hybridized carbons (Fsp3) is 0.458. The van der Waals surface area contributed by atoms with Crippen LogP contribution in [-0.2, 0) is 9.53 Å². The second-order valence-corrected chi connectivity index (χ2v) is 9.01. The van der Waals surface area contributed by atoms with Crippen LogP contribution in [0.15, 0.2) is 24.3 Å². The summed E-state index contributed by atoms with van der Waals surface area (Å²) < 4.78 is 10.9. The average Bonchev–Trinajstić information content (AvgIpc) is 3.09. The first-order chi connectivity index (χ1) is 15.0. The highest BCUT2D eigenvalue weighted by atomic mass is 32.1. The SMILES string of the molecule is CCOC(=O)C1CCCN(c2nc(C)nc3sc(C)c(-c4ccc(OCC)cc4)c23)C1. The monoisotopic (exact) mass is 439 g/mol. The lowest BCUT2D eigenvalue weighted by atomic mass is 9.97. The molecule has 2 aromatic heterocycles. The van der Waals surface area contributed by atoms with E-state index in [0.29, 0.717) is 19.8 Å². The summed E-state index contributed by atoms with van der Waals surface area (Å²) >= 11 is 1.69. The van der Waals surface area contributed by atoms with E-state index in [1.54, 1.807) is 11.3 Å². The maximum absolute atomic E-state index is 12.4. The van der Waals surface area contributed by atoms with E-state index in [9.17, 15) is 4.79 Å². The molecule has 1 saturated heterocycles. The number of thiophene rings is 1. The van der Waals surface area contributed by atoms with Gasteiger partial charge in [-0.2, -0.15) is 0 Å². The highest BCUT2D eigenvalue weighted by Crippen LogP contribution is 2.42. The van der Waals surface area contributed by atoms with Crippen LogP contribution in [0.2, 0.25) is 0 Å². The molecule has 1 unspecified atom stereocenters. The Bertz CT molecular complexity index is 1080. The highest BCUT2D eigenvalue weighted by Gasteiger charge is 2.30. The first-order valence-electron chi connectivity index (χ1n) is 10.9. The molecule has 6 nitrogen and oxygen atoms in total. The number of esters is 1. The van der Waals surface area contributed by atoms with Crippen LogP contribution in [0.5, 0.6) is 5.75 Å². The summed E-state index contributed by atoms with van der Waals surface area (Å²) in [5, 5.41) is 1.07. The minimum absolute atomic E-state index is 0.109.